The number of rotatable bonds is 6. The fraction of sp³-hybridized carbons (Fsp3) is 0.444. The molecule has 0 radical (unpaired) electrons. The molecule has 1 heterocycles. The molecule has 7 nitrogen and oxygen atoms in total. The van der Waals surface area contributed by atoms with Crippen LogP contribution in [-0.2, 0) is 32.5 Å². The predicted molar refractivity (Wildman–Crippen MR) is 109 cm³/mol. The largest absolute Gasteiger partial charge is 0.465 e. The number of ether oxygens (including phenoxy) is 1. The number of nitrogens with zero attached hydrogens (tertiary/aromatic N) is 3. The van der Waals surface area contributed by atoms with E-state index in [1.165, 1.54) is 10.4 Å². The Bertz CT molecular complexity index is 993. The lowest BCUT2D eigenvalue weighted by Gasteiger charge is -2.31. The zero-order valence-corrected chi connectivity index (χ0v) is 18.7. The Hall–Kier alpha value is -1.42. The van der Waals surface area contributed by atoms with Crippen molar-refractivity contribution in [2.45, 2.75) is 43.7 Å². The zero-order chi connectivity index (χ0) is 20.5. The summed E-state index contributed by atoms with van der Waals surface area (Å²) in [4.78, 5) is 11.9. The van der Waals surface area contributed by atoms with E-state index in [1.54, 1.807) is 37.0 Å². The lowest BCUT2D eigenvalue weighted by Crippen LogP contribution is -2.33. The number of benzene rings is 1. The molecule has 1 aliphatic rings. The highest BCUT2D eigenvalue weighted by Gasteiger charge is 2.35. The van der Waals surface area contributed by atoms with Crippen molar-refractivity contribution in [3.63, 3.8) is 0 Å². The van der Waals surface area contributed by atoms with Gasteiger partial charge in [-0.25, -0.2) is 8.42 Å². The molecule has 1 unspecified atom stereocenters. The second-order valence-electron chi connectivity index (χ2n) is 6.51. The number of carbonyl (C=O) groups excluding carboxylic acids is 1. The molecule has 0 bridgehead atoms. The minimum Gasteiger partial charge on any atom is -0.465 e. The predicted octanol–water partition coefficient (Wildman–Crippen LogP) is 3.56. The van der Waals surface area contributed by atoms with E-state index in [1.807, 2.05) is 0 Å². The molecule has 0 saturated carbocycles. The van der Waals surface area contributed by atoms with Crippen molar-refractivity contribution in [1.82, 2.24) is 14.1 Å². The molecule has 2 aromatic rings. The lowest BCUT2D eigenvalue weighted by atomic mass is 9.93. The van der Waals surface area contributed by atoms with Gasteiger partial charge in [-0.1, -0.05) is 27.5 Å². The van der Waals surface area contributed by atoms with Gasteiger partial charge in [-0.3, -0.25) is 9.48 Å². The van der Waals surface area contributed by atoms with Crippen molar-refractivity contribution in [1.29, 1.82) is 0 Å². The van der Waals surface area contributed by atoms with Crippen LogP contribution in [0.3, 0.4) is 0 Å². The second kappa shape index (κ2) is 8.52. The number of fused-ring (bicyclic) bond motifs is 1. The van der Waals surface area contributed by atoms with Crippen molar-refractivity contribution in [2.24, 2.45) is 0 Å². The summed E-state index contributed by atoms with van der Waals surface area (Å²) in [5, 5.41) is 4.46. The molecule has 0 aliphatic heterocycles. The number of hydrogen-bond acceptors (Lipinski definition) is 5. The highest BCUT2D eigenvalue weighted by Crippen LogP contribution is 2.38. The minimum atomic E-state index is -3.80. The summed E-state index contributed by atoms with van der Waals surface area (Å²) in [6.45, 7) is 2.07. The van der Waals surface area contributed by atoms with Gasteiger partial charge in [0.2, 0.25) is 10.0 Å². The number of carbonyl (C=O) groups is 1. The molecule has 1 aromatic heterocycles. The van der Waals surface area contributed by atoms with Gasteiger partial charge in [-0.05, 0) is 44.4 Å². The summed E-state index contributed by atoms with van der Waals surface area (Å²) >= 11 is 9.47. The SMILES string of the molecule is CCOC(=O)Cn1ncc2c1CCCC2N(C)S(=O)(=O)c1ccc(Br)cc1Cl. The number of hydrogen-bond donors (Lipinski definition) is 0. The van der Waals surface area contributed by atoms with Gasteiger partial charge < -0.3 is 4.74 Å². The van der Waals surface area contributed by atoms with Crippen molar-refractivity contribution in [3.8, 4) is 0 Å². The van der Waals surface area contributed by atoms with E-state index in [0.717, 1.165) is 24.1 Å². The maximum absolute atomic E-state index is 13.2. The van der Waals surface area contributed by atoms with Crippen LogP contribution >= 0.6 is 27.5 Å². The number of aromatic nitrogens is 2. The first-order chi connectivity index (χ1) is 13.3. The Balaban J connectivity index is 1.91. The Labute approximate surface area is 177 Å². The fourth-order valence-electron chi connectivity index (χ4n) is 3.45. The normalized spacial score (nSPS) is 16.8. The van der Waals surface area contributed by atoms with Gasteiger partial charge in [-0.2, -0.15) is 9.40 Å². The molecule has 0 spiro atoms. The van der Waals surface area contributed by atoms with E-state index >= 15 is 0 Å². The molecule has 0 N–H and O–H groups in total. The van der Waals surface area contributed by atoms with Crippen LogP contribution in [0, 0.1) is 0 Å². The average Bonchev–Trinajstić information content (AvgIpc) is 3.04. The monoisotopic (exact) mass is 489 g/mol. The molecule has 0 saturated heterocycles. The summed E-state index contributed by atoms with van der Waals surface area (Å²) < 4.78 is 35.0. The molecule has 3 rings (SSSR count). The third-order valence-corrected chi connectivity index (χ3v) is 7.65. The summed E-state index contributed by atoms with van der Waals surface area (Å²) in [6, 6.07) is 4.33. The summed E-state index contributed by atoms with van der Waals surface area (Å²) in [5.41, 5.74) is 1.68. The standard InChI is InChI=1S/C18H21BrClN3O4S/c1-3-27-18(24)11-23-16-6-4-5-15(13(16)10-21-23)22(2)28(25,26)17-8-7-12(19)9-14(17)20/h7-10,15H,3-6,11H2,1-2H3. The molecule has 1 atom stereocenters. The topological polar surface area (TPSA) is 81.5 Å². The minimum absolute atomic E-state index is 0.0187. The summed E-state index contributed by atoms with van der Waals surface area (Å²) in [7, 11) is -2.25. The van der Waals surface area contributed by atoms with E-state index in [-0.39, 0.29) is 28.5 Å². The van der Waals surface area contributed by atoms with Crippen LogP contribution in [0.25, 0.3) is 0 Å². The molecule has 28 heavy (non-hydrogen) atoms. The van der Waals surface area contributed by atoms with Gasteiger partial charge in [0.1, 0.15) is 11.4 Å². The van der Waals surface area contributed by atoms with E-state index in [2.05, 4.69) is 21.0 Å². The Morgan fingerprint density at radius 3 is 2.89 bits per heavy atom. The fourth-order valence-corrected chi connectivity index (χ4v) is 5.82. The Kier molecular flexibility index (Phi) is 6.48. The Morgan fingerprint density at radius 2 is 2.21 bits per heavy atom. The number of esters is 1. The van der Waals surface area contributed by atoms with E-state index in [4.69, 9.17) is 16.3 Å². The maximum Gasteiger partial charge on any atom is 0.327 e. The highest BCUT2D eigenvalue weighted by molar-refractivity contribution is 9.10. The molecule has 1 aliphatic carbocycles. The molecule has 1 aromatic carbocycles. The van der Waals surface area contributed by atoms with Crippen LogP contribution in [0.15, 0.2) is 33.8 Å². The summed E-state index contributed by atoms with van der Waals surface area (Å²) in [5.74, 6) is -0.363. The third kappa shape index (κ3) is 4.12. The van der Waals surface area contributed by atoms with Crippen LogP contribution in [0.2, 0.25) is 5.02 Å². The van der Waals surface area contributed by atoms with E-state index < -0.39 is 10.0 Å². The van der Waals surface area contributed by atoms with Crippen molar-refractivity contribution in [2.75, 3.05) is 13.7 Å². The van der Waals surface area contributed by atoms with Crippen molar-refractivity contribution >= 4 is 43.5 Å². The van der Waals surface area contributed by atoms with Crippen LogP contribution in [0.4, 0.5) is 0 Å². The molecule has 0 fully saturated rings. The first-order valence-electron chi connectivity index (χ1n) is 8.89. The quantitative estimate of drug-likeness (QED) is 0.578. The van der Waals surface area contributed by atoms with Gasteiger partial charge >= 0.3 is 5.97 Å². The van der Waals surface area contributed by atoms with Gasteiger partial charge in [0, 0.05) is 22.8 Å². The molecule has 0 amide bonds. The average molecular weight is 491 g/mol. The smallest absolute Gasteiger partial charge is 0.327 e. The maximum atomic E-state index is 13.2. The third-order valence-electron chi connectivity index (χ3n) is 4.81. The Morgan fingerprint density at radius 1 is 1.46 bits per heavy atom. The molecular formula is C18H21BrClN3O4S. The van der Waals surface area contributed by atoms with Gasteiger partial charge in [0.25, 0.3) is 0 Å². The van der Waals surface area contributed by atoms with Gasteiger partial charge in [0.05, 0.1) is 23.9 Å². The van der Waals surface area contributed by atoms with Crippen LogP contribution in [-0.4, -0.2) is 42.1 Å². The van der Waals surface area contributed by atoms with Crippen LogP contribution in [0.5, 0.6) is 0 Å². The van der Waals surface area contributed by atoms with E-state index in [9.17, 15) is 13.2 Å². The summed E-state index contributed by atoms with van der Waals surface area (Å²) in [6.07, 6.45) is 3.84. The number of halogens is 2. The molecule has 10 heteroatoms. The first-order valence-corrected chi connectivity index (χ1v) is 11.5. The zero-order valence-electron chi connectivity index (χ0n) is 15.6. The number of sulfonamides is 1. The van der Waals surface area contributed by atoms with Crippen LogP contribution < -0.4 is 0 Å². The van der Waals surface area contributed by atoms with Gasteiger partial charge in [-0.15, -0.1) is 0 Å². The first kappa shape index (κ1) is 21.3. The van der Waals surface area contributed by atoms with Gasteiger partial charge in [0.15, 0.2) is 0 Å². The lowest BCUT2D eigenvalue weighted by molar-refractivity contribution is -0.144. The van der Waals surface area contributed by atoms with Crippen molar-refractivity contribution in [3.05, 3.63) is 45.1 Å². The highest BCUT2D eigenvalue weighted by atomic mass is 79.9. The van der Waals surface area contributed by atoms with Crippen LogP contribution in [0.1, 0.15) is 37.1 Å². The van der Waals surface area contributed by atoms with Crippen molar-refractivity contribution < 1.29 is 17.9 Å². The molecular weight excluding hydrogens is 470 g/mol. The van der Waals surface area contributed by atoms with E-state index in [0.29, 0.717) is 17.5 Å². The molecule has 152 valence electrons. The second-order valence-corrected chi connectivity index (χ2v) is 9.80.